The van der Waals surface area contributed by atoms with Gasteiger partial charge in [-0.3, -0.25) is 0 Å². The second-order valence-electron chi connectivity index (χ2n) is 5.90. The number of pyridine rings is 1. The minimum Gasteiger partial charge on any atom is -0.359 e. The molecule has 0 spiro atoms. The molecule has 0 aromatic carbocycles. The van der Waals surface area contributed by atoms with Crippen LogP contribution in [0.5, 0.6) is 0 Å². The van der Waals surface area contributed by atoms with E-state index in [9.17, 15) is 0 Å². The number of hydrogen-bond donors (Lipinski definition) is 1. The molecule has 0 aliphatic carbocycles. The first kappa shape index (κ1) is 16.0. The van der Waals surface area contributed by atoms with Gasteiger partial charge in [-0.15, -0.1) is 0 Å². The Hall–Kier alpha value is -1.09. The summed E-state index contributed by atoms with van der Waals surface area (Å²) in [6.07, 6.45) is 1.21. The van der Waals surface area contributed by atoms with Gasteiger partial charge in [-0.2, -0.15) is 0 Å². The Morgan fingerprint density at radius 3 is 2.53 bits per heavy atom. The lowest BCUT2D eigenvalue weighted by Crippen LogP contribution is -2.25. The molecule has 1 aromatic heterocycles. The summed E-state index contributed by atoms with van der Waals surface area (Å²) >= 11 is 0. The fourth-order valence-electron chi connectivity index (χ4n) is 2.03. The van der Waals surface area contributed by atoms with Crippen molar-refractivity contribution in [2.24, 2.45) is 5.92 Å². The van der Waals surface area contributed by atoms with Gasteiger partial charge in [-0.25, -0.2) is 4.98 Å². The van der Waals surface area contributed by atoms with Crippen molar-refractivity contribution in [2.45, 2.75) is 53.6 Å². The number of nitrogens with zero attached hydrogens (tertiary/aromatic N) is 2. The Morgan fingerprint density at radius 2 is 1.95 bits per heavy atom. The standard InChI is InChI=1S/C16H29N3/c1-7-13(4)11-19(6)16-9-15(8-14(5)18-16)10-17-12(2)3/h8-9,12-13,17H,7,10-11H2,1-6H3. The molecule has 1 heterocycles. The molecule has 108 valence electrons. The van der Waals surface area contributed by atoms with E-state index in [0.29, 0.717) is 12.0 Å². The van der Waals surface area contributed by atoms with Crippen molar-refractivity contribution in [3.05, 3.63) is 23.4 Å². The monoisotopic (exact) mass is 263 g/mol. The highest BCUT2D eigenvalue weighted by Crippen LogP contribution is 2.16. The number of aryl methyl sites for hydroxylation is 1. The third-order valence-electron chi connectivity index (χ3n) is 3.39. The highest BCUT2D eigenvalue weighted by molar-refractivity contribution is 5.42. The van der Waals surface area contributed by atoms with Crippen molar-refractivity contribution in [3.63, 3.8) is 0 Å². The van der Waals surface area contributed by atoms with E-state index in [2.05, 4.69) is 69.0 Å². The van der Waals surface area contributed by atoms with Crippen molar-refractivity contribution in [1.29, 1.82) is 0 Å². The van der Waals surface area contributed by atoms with Gasteiger partial charge in [-0.05, 0) is 30.5 Å². The summed E-state index contributed by atoms with van der Waals surface area (Å²) in [6.45, 7) is 12.9. The molecule has 0 radical (unpaired) electrons. The first-order valence-electron chi connectivity index (χ1n) is 7.34. The van der Waals surface area contributed by atoms with Crippen LogP contribution in [-0.2, 0) is 6.54 Å². The van der Waals surface area contributed by atoms with Crippen LogP contribution in [0.4, 0.5) is 5.82 Å². The largest absolute Gasteiger partial charge is 0.359 e. The lowest BCUT2D eigenvalue weighted by molar-refractivity contribution is 0.557. The summed E-state index contributed by atoms with van der Waals surface area (Å²) in [6, 6.07) is 4.87. The summed E-state index contributed by atoms with van der Waals surface area (Å²) in [5.74, 6) is 1.78. The zero-order chi connectivity index (χ0) is 14.4. The molecule has 1 rings (SSSR count). The van der Waals surface area contributed by atoms with Gasteiger partial charge in [0, 0.05) is 31.9 Å². The van der Waals surface area contributed by atoms with Crippen molar-refractivity contribution in [2.75, 3.05) is 18.5 Å². The molecule has 0 aliphatic rings. The third kappa shape index (κ3) is 5.60. The second-order valence-corrected chi connectivity index (χ2v) is 5.90. The van der Waals surface area contributed by atoms with Crippen LogP contribution in [-0.4, -0.2) is 24.6 Å². The minimum atomic E-state index is 0.509. The van der Waals surface area contributed by atoms with Crippen molar-refractivity contribution in [3.8, 4) is 0 Å². The Kier molecular flexibility index (Phi) is 6.29. The van der Waals surface area contributed by atoms with E-state index in [1.165, 1.54) is 12.0 Å². The molecular formula is C16H29N3. The van der Waals surface area contributed by atoms with Gasteiger partial charge in [0.15, 0.2) is 0 Å². The van der Waals surface area contributed by atoms with Gasteiger partial charge in [0.2, 0.25) is 0 Å². The Bertz CT molecular complexity index is 388. The fourth-order valence-corrected chi connectivity index (χ4v) is 2.03. The van der Waals surface area contributed by atoms with Gasteiger partial charge in [0.25, 0.3) is 0 Å². The topological polar surface area (TPSA) is 28.2 Å². The molecule has 1 N–H and O–H groups in total. The van der Waals surface area contributed by atoms with Gasteiger partial charge in [-0.1, -0.05) is 34.1 Å². The van der Waals surface area contributed by atoms with Crippen LogP contribution < -0.4 is 10.2 Å². The predicted octanol–water partition coefficient (Wildman–Crippen LogP) is 3.37. The third-order valence-corrected chi connectivity index (χ3v) is 3.39. The molecular weight excluding hydrogens is 234 g/mol. The zero-order valence-electron chi connectivity index (χ0n) is 13.3. The molecule has 0 amide bonds. The summed E-state index contributed by atoms with van der Waals surface area (Å²) in [7, 11) is 2.13. The molecule has 3 heteroatoms. The molecule has 0 aliphatic heterocycles. The summed E-state index contributed by atoms with van der Waals surface area (Å²) in [4.78, 5) is 6.91. The quantitative estimate of drug-likeness (QED) is 0.817. The molecule has 0 saturated carbocycles. The number of hydrogen-bond acceptors (Lipinski definition) is 3. The minimum absolute atomic E-state index is 0.509. The van der Waals surface area contributed by atoms with E-state index < -0.39 is 0 Å². The highest BCUT2D eigenvalue weighted by atomic mass is 15.2. The van der Waals surface area contributed by atoms with E-state index in [1.807, 2.05) is 0 Å². The average molecular weight is 263 g/mol. The van der Waals surface area contributed by atoms with Gasteiger partial charge >= 0.3 is 0 Å². The van der Waals surface area contributed by atoms with Crippen LogP contribution in [0, 0.1) is 12.8 Å². The first-order chi connectivity index (χ1) is 8.92. The smallest absolute Gasteiger partial charge is 0.128 e. The Morgan fingerprint density at radius 1 is 1.26 bits per heavy atom. The normalized spacial score (nSPS) is 12.8. The highest BCUT2D eigenvalue weighted by Gasteiger charge is 2.08. The number of aromatic nitrogens is 1. The van der Waals surface area contributed by atoms with E-state index in [1.54, 1.807) is 0 Å². The molecule has 19 heavy (non-hydrogen) atoms. The van der Waals surface area contributed by atoms with Crippen LogP contribution in [0.25, 0.3) is 0 Å². The molecule has 1 aromatic rings. The van der Waals surface area contributed by atoms with Gasteiger partial charge in [0.1, 0.15) is 5.82 Å². The van der Waals surface area contributed by atoms with E-state index in [-0.39, 0.29) is 0 Å². The maximum Gasteiger partial charge on any atom is 0.128 e. The van der Waals surface area contributed by atoms with Gasteiger partial charge < -0.3 is 10.2 Å². The van der Waals surface area contributed by atoms with E-state index in [0.717, 1.165) is 24.6 Å². The molecule has 3 nitrogen and oxygen atoms in total. The molecule has 0 saturated heterocycles. The maximum atomic E-state index is 4.65. The van der Waals surface area contributed by atoms with Crippen LogP contribution in [0.2, 0.25) is 0 Å². The molecule has 1 unspecified atom stereocenters. The number of nitrogens with one attached hydrogen (secondary N) is 1. The maximum absolute atomic E-state index is 4.65. The van der Waals surface area contributed by atoms with Crippen molar-refractivity contribution < 1.29 is 0 Å². The number of rotatable bonds is 7. The summed E-state index contributed by atoms with van der Waals surface area (Å²) < 4.78 is 0. The lowest BCUT2D eigenvalue weighted by Gasteiger charge is -2.23. The van der Waals surface area contributed by atoms with E-state index in [4.69, 9.17) is 0 Å². The van der Waals surface area contributed by atoms with Crippen molar-refractivity contribution >= 4 is 5.82 Å². The van der Waals surface area contributed by atoms with E-state index >= 15 is 0 Å². The Labute approximate surface area is 118 Å². The lowest BCUT2D eigenvalue weighted by atomic mass is 10.1. The SMILES string of the molecule is CCC(C)CN(C)c1cc(CNC(C)C)cc(C)n1. The van der Waals surface area contributed by atoms with Crippen LogP contribution >= 0.6 is 0 Å². The second kappa shape index (κ2) is 7.49. The Balaban J connectivity index is 2.77. The zero-order valence-corrected chi connectivity index (χ0v) is 13.3. The number of anilines is 1. The van der Waals surface area contributed by atoms with Crippen LogP contribution in [0.3, 0.4) is 0 Å². The van der Waals surface area contributed by atoms with Crippen LogP contribution in [0.15, 0.2) is 12.1 Å². The predicted molar refractivity (Wildman–Crippen MR) is 83.7 cm³/mol. The fraction of sp³-hybridized carbons (Fsp3) is 0.688. The molecule has 0 bridgehead atoms. The summed E-state index contributed by atoms with van der Waals surface area (Å²) in [5.41, 5.74) is 2.40. The summed E-state index contributed by atoms with van der Waals surface area (Å²) in [5, 5.41) is 3.46. The molecule has 1 atom stereocenters. The van der Waals surface area contributed by atoms with Crippen LogP contribution in [0.1, 0.15) is 45.4 Å². The van der Waals surface area contributed by atoms with Crippen molar-refractivity contribution in [1.82, 2.24) is 10.3 Å². The average Bonchev–Trinajstić information content (AvgIpc) is 2.35. The van der Waals surface area contributed by atoms with Gasteiger partial charge in [0.05, 0.1) is 0 Å². The first-order valence-corrected chi connectivity index (χ1v) is 7.34. The molecule has 0 fully saturated rings.